The largest absolute Gasteiger partial charge is 0.326 e. The highest BCUT2D eigenvalue weighted by atomic mass is 32.2. The quantitative estimate of drug-likeness (QED) is 0.546. The van der Waals surface area contributed by atoms with Crippen molar-refractivity contribution in [2.24, 2.45) is 0 Å². The molecule has 0 spiro atoms. The fourth-order valence-corrected chi connectivity index (χ4v) is 5.43. The van der Waals surface area contributed by atoms with Crippen molar-refractivity contribution < 1.29 is 13.2 Å². The molecule has 1 aromatic heterocycles. The number of aromatic nitrogens is 1. The molecule has 31 heavy (non-hydrogen) atoms. The average Bonchev–Trinajstić information content (AvgIpc) is 3.00. The molecule has 0 saturated carbocycles. The van der Waals surface area contributed by atoms with Gasteiger partial charge >= 0.3 is 4.87 Å². The van der Waals surface area contributed by atoms with E-state index >= 15 is 0 Å². The fourth-order valence-electron chi connectivity index (χ4n) is 3.41. The van der Waals surface area contributed by atoms with Crippen molar-refractivity contribution in [3.8, 4) is 0 Å². The zero-order valence-electron chi connectivity index (χ0n) is 18.1. The van der Waals surface area contributed by atoms with Crippen LogP contribution in [-0.2, 0) is 14.8 Å². The van der Waals surface area contributed by atoms with Crippen LogP contribution in [0.25, 0.3) is 10.2 Å². The molecule has 0 bridgehead atoms. The molecule has 0 unspecified atom stereocenters. The van der Waals surface area contributed by atoms with Gasteiger partial charge in [0.25, 0.3) is 0 Å². The van der Waals surface area contributed by atoms with Crippen LogP contribution in [-0.4, -0.2) is 31.7 Å². The molecule has 1 N–H and O–H groups in total. The van der Waals surface area contributed by atoms with Gasteiger partial charge in [0.05, 0.1) is 22.2 Å². The second-order valence-corrected chi connectivity index (χ2v) is 10.7. The fraction of sp³-hybridized carbons (Fsp3) is 0.364. The van der Waals surface area contributed by atoms with Crippen LogP contribution in [0.3, 0.4) is 0 Å². The summed E-state index contributed by atoms with van der Waals surface area (Å²) in [6, 6.07) is 12.7. The second kappa shape index (κ2) is 9.23. The monoisotopic (exact) mass is 461 g/mol. The van der Waals surface area contributed by atoms with Gasteiger partial charge in [0, 0.05) is 24.7 Å². The van der Waals surface area contributed by atoms with Gasteiger partial charge in [0.15, 0.2) is 0 Å². The first-order chi connectivity index (χ1) is 14.6. The van der Waals surface area contributed by atoms with Crippen molar-refractivity contribution in [2.75, 3.05) is 22.4 Å². The number of rotatable bonds is 8. The number of nitrogens with zero attached hydrogens (tertiary/aromatic N) is 2. The van der Waals surface area contributed by atoms with Crippen LogP contribution >= 0.6 is 11.3 Å². The van der Waals surface area contributed by atoms with Gasteiger partial charge in [-0.25, -0.2) is 8.42 Å². The Labute approximate surface area is 186 Å². The smallest absolute Gasteiger partial charge is 0.308 e. The number of carbonyl (C=O) groups excluding carboxylic acids is 1. The minimum absolute atomic E-state index is 0.0227. The van der Waals surface area contributed by atoms with E-state index in [9.17, 15) is 18.0 Å². The number of anilines is 2. The Bertz CT molecular complexity index is 1240. The van der Waals surface area contributed by atoms with Crippen LogP contribution in [0.4, 0.5) is 11.4 Å². The molecule has 7 nitrogen and oxygen atoms in total. The maximum Gasteiger partial charge on any atom is 0.308 e. The summed E-state index contributed by atoms with van der Waals surface area (Å²) >= 11 is 1.15. The van der Waals surface area contributed by atoms with Gasteiger partial charge in [-0.3, -0.25) is 18.5 Å². The van der Waals surface area contributed by atoms with Crippen LogP contribution in [0.1, 0.15) is 38.3 Å². The number of sulfonamides is 1. The molecule has 1 heterocycles. The molecule has 3 rings (SSSR count). The Balaban J connectivity index is 1.64. The molecule has 3 aromatic rings. The second-order valence-electron chi connectivity index (χ2n) is 7.84. The predicted molar refractivity (Wildman–Crippen MR) is 128 cm³/mol. The molecule has 0 aliphatic carbocycles. The van der Waals surface area contributed by atoms with Crippen LogP contribution in [0.5, 0.6) is 0 Å². The summed E-state index contributed by atoms with van der Waals surface area (Å²) in [5.74, 6) is -0.202. The van der Waals surface area contributed by atoms with Crippen molar-refractivity contribution in [1.29, 1.82) is 0 Å². The maximum atomic E-state index is 12.4. The van der Waals surface area contributed by atoms with E-state index in [0.29, 0.717) is 17.8 Å². The number of carbonyl (C=O) groups is 1. The summed E-state index contributed by atoms with van der Waals surface area (Å²) in [6.07, 6.45) is 1.72. The normalized spacial score (nSPS) is 11.8. The number of hydrogen-bond acceptors (Lipinski definition) is 5. The van der Waals surface area contributed by atoms with Gasteiger partial charge < -0.3 is 5.32 Å². The number of thiazole rings is 1. The van der Waals surface area contributed by atoms with E-state index in [4.69, 9.17) is 0 Å². The molecule has 0 aliphatic rings. The summed E-state index contributed by atoms with van der Waals surface area (Å²) in [4.78, 5) is 24.6. The highest BCUT2D eigenvalue weighted by Gasteiger charge is 2.18. The molecule has 1 amide bonds. The summed E-state index contributed by atoms with van der Waals surface area (Å²) in [5, 5.41) is 2.84. The van der Waals surface area contributed by atoms with E-state index in [1.807, 2.05) is 39.0 Å². The van der Waals surface area contributed by atoms with Crippen LogP contribution < -0.4 is 14.5 Å². The van der Waals surface area contributed by atoms with E-state index in [1.165, 1.54) is 4.31 Å². The van der Waals surface area contributed by atoms with Gasteiger partial charge in [-0.15, -0.1) is 0 Å². The molecule has 166 valence electrons. The Morgan fingerprint density at radius 3 is 2.45 bits per heavy atom. The molecule has 0 radical (unpaired) electrons. The SMILES string of the molecule is Cc1ccc(N(CCCC(=O)Nc2ccc3c(c2)sc(=O)n3C(C)C)S(C)(=O)=O)cc1. The van der Waals surface area contributed by atoms with Crippen molar-refractivity contribution in [1.82, 2.24) is 4.57 Å². The Morgan fingerprint density at radius 1 is 1.16 bits per heavy atom. The molecule has 0 fully saturated rings. The zero-order valence-corrected chi connectivity index (χ0v) is 19.7. The van der Waals surface area contributed by atoms with E-state index < -0.39 is 10.0 Å². The first kappa shape index (κ1) is 23.0. The lowest BCUT2D eigenvalue weighted by molar-refractivity contribution is -0.116. The number of fused-ring (bicyclic) bond motifs is 1. The van der Waals surface area contributed by atoms with Gasteiger partial charge in [-0.1, -0.05) is 29.0 Å². The average molecular weight is 462 g/mol. The lowest BCUT2D eigenvalue weighted by Gasteiger charge is -2.22. The molecule has 2 aromatic carbocycles. The van der Waals surface area contributed by atoms with E-state index in [0.717, 1.165) is 33.4 Å². The number of hydrogen-bond donors (Lipinski definition) is 1. The number of benzene rings is 2. The number of nitrogens with one attached hydrogen (secondary N) is 1. The third-order valence-corrected chi connectivity index (χ3v) is 7.01. The van der Waals surface area contributed by atoms with E-state index in [1.54, 1.807) is 28.8 Å². The number of amides is 1. The van der Waals surface area contributed by atoms with Crippen LogP contribution in [0.2, 0.25) is 0 Å². The van der Waals surface area contributed by atoms with E-state index in [-0.39, 0.29) is 29.8 Å². The van der Waals surface area contributed by atoms with Crippen LogP contribution in [0.15, 0.2) is 47.3 Å². The third-order valence-electron chi connectivity index (χ3n) is 4.90. The standard InChI is InChI=1S/C22H27N3O4S2/c1-15(2)25-19-12-9-17(14-20(19)30-22(25)27)23-21(26)6-5-13-24(31(4,28)29)18-10-7-16(3)8-11-18/h7-12,14-15H,5-6,13H2,1-4H3,(H,23,26). The van der Waals surface area contributed by atoms with Crippen molar-refractivity contribution in [3.05, 3.63) is 57.7 Å². The van der Waals surface area contributed by atoms with Crippen LogP contribution in [0, 0.1) is 6.92 Å². The molecule has 9 heteroatoms. The van der Waals surface area contributed by atoms with Gasteiger partial charge in [0.2, 0.25) is 15.9 Å². The summed E-state index contributed by atoms with van der Waals surface area (Å²) in [6.45, 7) is 6.07. The van der Waals surface area contributed by atoms with Gasteiger partial charge in [-0.05, 0) is 57.5 Å². The maximum absolute atomic E-state index is 12.4. The molecule has 0 atom stereocenters. The highest BCUT2D eigenvalue weighted by Crippen LogP contribution is 2.24. The third kappa shape index (κ3) is 5.54. The van der Waals surface area contributed by atoms with Gasteiger partial charge in [0.1, 0.15) is 0 Å². The first-order valence-corrected chi connectivity index (χ1v) is 12.7. The summed E-state index contributed by atoms with van der Waals surface area (Å²) < 4.78 is 28.2. The topological polar surface area (TPSA) is 88.5 Å². The highest BCUT2D eigenvalue weighted by molar-refractivity contribution is 7.92. The predicted octanol–water partition coefficient (Wildman–Crippen LogP) is 4.14. The number of aryl methyl sites for hydroxylation is 1. The van der Waals surface area contributed by atoms with Crippen molar-refractivity contribution in [3.63, 3.8) is 0 Å². The lowest BCUT2D eigenvalue weighted by Crippen LogP contribution is -2.31. The summed E-state index contributed by atoms with van der Waals surface area (Å²) in [7, 11) is -3.45. The molecular weight excluding hydrogens is 434 g/mol. The summed E-state index contributed by atoms with van der Waals surface area (Å²) in [5.41, 5.74) is 3.10. The molecule has 0 saturated heterocycles. The van der Waals surface area contributed by atoms with Crippen molar-refractivity contribution >= 4 is 48.9 Å². The van der Waals surface area contributed by atoms with E-state index in [2.05, 4.69) is 5.32 Å². The lowest BCUT2D eigenvalue weighted by atomic mass is 10.2. The minimum Gasteiger partial charge on any atom is -0.326 e. The van der Waals surface area contributed by atoms with Crippen molar-refractivity contribution in [2.45, 2.75) is 39.7 Å². The van der Waals surface area contributed by atoms with Gasteiger partial charge in [-0.2, -0.15) is 0 Å². The first-order valence-electron chi connectivity index (χ1n) is 10.1. The zero-order chi connectivity index (χ0) is 22.8. The Hall–Kier alpha value is -2.65. The Kier molecular flexibility index (Phi) is 6.86. The minimum atomic E-state index is -3.45. The molecule has 0 aliphatic heterocycles. The Morgan fingerprint density at radius 2 is 1.84 bits per heavy atom. The molecular formula is C22H27N3O4S2.